The smallest absolute Gasteiger partial charge is 0.245 e. The molecule has 3 aliphatic rings. The van der Waals surface area contributed by atoms with Crippen LogP contribution in [0.25, 0.3) is 0 Å². The second kappa shape index (κ2) is 15.0. The molecule has 0 bridgehead atoms. The van der Waals surface area contributed by atoms with Gasteiger partial charge in [0.05, 0.1) is 5.54 Å². The minimum absolute atomic E-state index is 0.0552. The molecule has 1 atom stereocenters. The lowest BCUT2D eigenvalue weighted by Crippen LogP contribution is -2.63. The third kappa shape index (κ3) is 8.68. The van der Waals surface area contributed by atoms with Gasteiger partial charge in [-0.1, -0.05) is 63.3 Å². The average Bonchev–Trinajstić information content (AvgIpc) is 3.21. The molecule has 2 heterocycles. The summed E-state index contributed by atoms with van der Waals surface area (Å²) in [7, 11) is 0. The first-order valence-corrected chi connectivity index (χ1v) is 16.3. The highest BCUT2D eigenvalue weighted by Gasteiger charge is 2.38. The van der Waals surface area contributed by atoms with Gasteiger partial charge in [-0.3, -0.25) is 14.4 Å². The van der Waals surface area contributed by atoms with Crippen molar-refractivity contribution in [2.75, 3.05) is 45.8 Å². The van der Waals surface area contributed by atoms with Gasteiger partial charge in [-0.2, -0.15) is 0 Å². The fourth-order valence-electron chi connectivity index (χ4n) is 6.69. The quantitative estimate of drug-likeness (QED) is 0.420. The number of hydrogen-bond donors (Lipinski definition) is 2. The SMILES string of the molecule is CC(=O)N1CCC(N(CC(C)C)N2CCN(C(=O)C(Cc3ccc(Cl)cc3)NC(=O)C3(N)CCCCCC3)CC2)CC1. The van der Waals surface area contributed by atoms with Gasteiger partial charge in [0.2, 0.25) is 17.7 Å². The predicted octanol–water partition coefficient (Wildman–Crippen LogP) is 3.45. The maximum atomic E-state index is 14.0. The molecule has 42 heavy (non-hydrogen) atoms. The number of carbonyl (C=O) groups excluding carboxylic acids is 3. The Hall–Kier alpha value is -2.20. The molecular formula is C32H51ClN6O3. The molecule has 10 heteroatoms. The first-order chi connectivity index (χ1) is 20.1. The molecule has 2 saturated heterocycles. The Morgan fingerprint density at radius 3 is 2.10 bits per heavy atom. The van der Waals surface area contributed by atoms with Gasteiger partial charge in [0.25, 0.3) is 0 Å². The molecule has 2 aliphatic heterocycles. The van der Waals surface area contributed by atoms with Crippen molar-refractivity contribution in [1.82, 2.24) is 25.1 Å². The van der Waals surface area contributed by atoms with Crippen molar-refractivity contribution >= 4 is 29.3 Å². The molecule has 1 aromatic rings. The summed E-state index contributed by atoms with van der Waals surface area (Å²) in [4.78, 5) is 43.2. The van der Waals surface area contributed by atoms with Crippen molar-refractivity contribution in [2.24, 2.45) is 11.7 Å². The summed E-state index contributed by atoms with van der Waals surface area (Å²) >= 11 is 6.11. The van der Waals surface area contributed by atoms with E-state index in [-0.39, 0.29) is 17.7 Å². The number of piperidine rings is 1. The molecule has 1 aliphatic carbocycles. The number of carbonyl (C=O) groups is 3. The molecule has 0 spiro atoms. The summed E-state index contributed by atoms with van der Waals surface area (Å²) in [5.41, 5.74) is 6.66. The number of rotatable bonds is 9. The van der Waals surface area contributed by atoms with Crippen molar-refractivity contribution in [2.45, 2.75) is 96.2 Å². The standard InChI is InChI=1S/C32H51ClN6O3/c1-24(2)23-39(28-12-16-36(17-13-28)25(3)40)38-20-18-37(19-21-38)30(41)29(22-26-8-10-27(33)11-9-26)35-31(42)32(34)14-6-4-5-7-15-32/h8-11,24,28-29H,4-7,12-23,34H2,1-3H3,(H,35,42). The summed E-state index contributed by atoms with van der Waals surface area (Å²) in [6, 6.07) is 7.17. The summed E-state index contributed by atoms with van der Waals surface area (Å²) in [6.07, 6.45) is 7.66. The fraction of sp³-hybridized carbons (Fsp3) is 0.719. The van der Waals surface area contributed by atoms with Gasteiger partial charge < -0.3 is 20.9 Å². The Kier molecular flexibility index (Phi) is 11.7. The predicted molar refractivity (Wildman–Crippen MR) is 167 cm³/mol. The summed E-state index contributed by atoms with van der Waals surface area (Å²) in [5.74, 6) is 0.383. The third-order valence-electron chi connectivity index (χ3n) is 9.22. The van der Waals surface area contributed by atoms with Gasteiger partial charge in [-0.05, 0) is 49.3 Å². The first kappa shape index (κ1) is 32.7. The number of amides is 3. The van der Waals surface area contributed by atoms with Crippen LogP contribution in [0, 0.1) is 5.92 Å². The molecule has 0 aromatic heterocycles. The van der Waals surface area contributed by atoms with Crippen LogP contribution in [-0.2, 0) is 20.8 Å². The number of nitrogens with two attached hydrogens (primary N) is 1. The second-order valence-electron chi connectivity index (χ2n) is 13.0. The van der Waals surface area contributed by atoms with E-state index < -0.39 is 11.6 Å². The largest absolute Gasteiger partial charge is 0.343 e. The highest BCUT2D eigenvalue weighted by atomic mass is 35.5. The molecule has 3 N–H and O–H groups in total. The maximum Gasteiger partial charge on any atom is 0.245 e. The number of hydrazine groups is 1. The van der Waals surface area contributed by atoms with Crippen LogP contribution in [0.5, 0.6) is 0 Å². The van der Waals surface area contributed by atoms with E-state index in [0.29, 0.717) is 49.3 Å². The molecule has 3 amide bonds. The highest BCUT2D eigenvalue weighted by Crippen LogP contribution is 2.26. The normalized spacial score (nSPS) is 21.3. The first-order valence-electron chi connectivity index (χ1n) is 16.0. The minimum Gasteiger partial charge on any atom is -0.343 e. The van der Waals surface area contributed by atoms with E-state index in [1.54, 1.807) is 6.92 Å². The number of halogens is 1. The Bertz CT molecular complexity index is 1040. The average molecular weight is 603 g/mol. The Balaban J connectivity index is 1.42. The lowest BCUT2D eigenvalue weighted by Gasteiger charge is -2.47. The van der Waals surface area contributed by atoms with Gasteiger partial charge in [0.15, 0.2) is 0 Å². The van der Waals surface area contributed by atoms with Crippen LogP contribution in [0.4, 0.5) is 0 Å². The van der Waals surface area contributed by atoms with Crippen LogP contribution in [0.3, 0.4) is 0 Å². The number of nitrogens with one attached hydrogen (secondary N) is 1. The molecule has 4 rings (SSSR count). The van der Waals surface area contributed by atoms with Crippen LogP contribution < -0.4 is 11.1 Å². The lowest BCUT2D eigenvalue weighted by atomic mass is 9.89. The van der Waals surface area contributed by atoms with Crippen molar-refractivity contribution < 1.29 is 14.4 Å². The van der Waals surface area contributed by atoms with E-state index >= 15 is 0 Å². The Labute approximate surface area is 257 Å². The van der Waals surface area contributed by atoms with Crippen LogP contribution in [0.15, 0.2) is 24.3 Å². The third-order valence-corrected chi connectivity index (χ3v) is 9.47. The molecule has 1 saturated carbocycles. The van der Waals surface area contributed by atoms with Gasteiger partial charge in [0, 0.05) is 70.2 Å². The Morgan fingerprint density at radius 2 is 1.55 bits per heavy atom. The van der Waals surface area contributed by atoms with Crippen molar-refractivity contribution in [1.29, 1.82) is 0 Å². The van der Waals surface area contributed by atoms with Crippen LogP contribution in [-0.4, -0.2) is 101 Å². The zero-order chi connectivity index (χ0) is 30.3. The van der Waals surface area contributed by atoms with E-state index in [4.69, 9.17) is 17.3 Å². The van der Waals surface area contributed by atoms with Crippen molar-refractivity contribution in [3.05, 3.63) is 34.9 Å². The zero-order valence-corrected chi connectivity index (χ0v) is 26.6. The molecule has 9 nitrogen and oxygen atoms in total. The zero-order valence-electron chi connectivity index (χ0n) is 25.8. The van der Waals surface area contributed by atoms with E-state index in [1.165, 1.54) is 0 Å². The molecular weight excluding hydrogens is 552 g/mol. The summed E-state index contributed by atoms with van der Waals surface area (Å²) in [5, 5.41) is 8.64. The van der Waals surface area contributed by atoms with E-state index in [2.05, 4.69) is 29.2 Å². The summed E-state index contributed by atoms with van der Waals surface area (Å²) < 4.78 is 0. The Morgan fingerprint density at radius 1 is 0.952 bits per heavy atom. The molecule has 3 fully saturated rings. The van der Waals surface area contributed by atoms with Crippen molar-refractivity contribution in [3.63, 3.8) is 0 Å². The lowest BCUT2D eigenvalue weighted by molar-refractivity contribution is -0.146. The minimum atomic E-state index is -0.928. The van der Waals surface area contributed by atoms with E-state index in [0.717, 1.165) is 76.8 Å². The number of benzene rings is 1. The van der Waals surface area contributed by atoms with Gasteiger partial charge in [-0.15, -0.1) is 0 Å². The highest BCUT2D eigenvalue weighted by molar-refractivity contribution is 6.30. The van der Waals surface area contributed by atoms with Crippen molar-refractivity contribution in [3.8, 4) is 0 Å². The van der Waals surface area contributed by atoms with Gasteiger partial charge in [0.1, 0.15) is 6.04 Å². The van der Waals surface area contributed by atoms with Crippen LogP contribution in [0.2, 0.25) is 5.02 Å². The van der Waals surface area contributed by atoms with Gasteiger partial charge in [-0.25, -0.2) is 10.0 Å². The van der Waals surface area contributed by atoms with Crippen LogP contribution in [0.1, 0.15) is 77.7 Å². The van der Waals surface area contributed by atoms with E-state index in [9.17, 15) is 14.4 Å². The fourth-order valence-corrected chi connectivity index (χ4v) is 6.81. The van der Waals surface area contributed by atoms with Gasteiger partial charge >= 0.3 is 0 Å². The number of piperazine rings is 1. The number of nitrogens with zero attached hydrogens (tertiary/aromatic N) is 4. The maximum absolute atomic E-state index is 14.0. The molecule has 234 valence electrons. The van der Waals surface area contributed by atoms with Crippen LogP contribution >= 0.6 is 11.6 Å². The van der Waals surface area contributed by atoms with E-state index in [1.807, 2.05) is 34.1 Å². The molecule has 1 aromatic carbocycles. The molecule has 1 unspecified atom stereocenters. The number of hydrogen-bond acceptors (Lipinski definition) is 6. The monoisotopic (exact) mass is 602 g/mol. The summed E-state index contributed by atoms with van der Waals surface area (Å²) in [6.45, 7) is 11.3. The number of likely N-dealkylation sites (tertiary alicyclic amines) is 1. The topological polar surface area (TPSA) is 102 Å². The molecule has 0 radical (unpaired) electrons. The second-order valence-corrected chi connectivity index (χ2v) is 13.4.